The van der Waals surface area contributed by atoms with Gasteiger partial charge in [0.15, 0.2) is 6.61 Å². The maximum absolute atomic E-state index is 12.9. The van der Waals surface area contributed by atoms with Crippen LogP contribution in [0.2, 0.25) is 0 Å². The number of rotatable bonds is 7. The van der Waals surface area contributed by atoms with Crippen molar-refractivity contribution >= 4 is 21.8 Å². The van der Waals surface area contributed by atoms with E-state index in [0.29, 0.717) is 22.6 Å². The van der Waals surface area contributed by atoms with Crippen molar-refractivity contribution in [3.8, 4) is 11.4 Å². The molecule has 2 N–H and O–H groups in total. The fourth-order valence-electron chi connectivity index (χ4n) is 3.95. The van der Waals surface area contributed by atoms with Crippen molar-refractivity contribution in [2.24, 2.45) is 5.14 Å². The van der Waals surface area contributed by atoms with Gasteiger partial charge in [-0.15, -0.1) is 0 Å². The monoisotopic (exact) mass is 492 g/mol. The van der Waals surface area contributed by atoms with Gasteiger partial charge in [0, 0.05) is 22.6 Å². The molecular formula is C25H24N4O5S. The number of nitrogens with two attached hydrogens (primary N) is 1. The van der Waals surface area contributed by atoms with Crippen LogP contribution >= 0.6 is 0 Å². The van der Waals surface area contributed by atoms with Crippen molar-refractivity contribution in [3.63, 3.8) is 0 Å². The second-order valence-corrected chi connectivity index (χ2v) is 9.61. The number of hydrogen-bond donors (Lipinski definition) is 1. The molecule has 2 heterocycles. The summed E-state index contributed by atoms with van der Waals surface area (Å²) < 4.78 is 31.8. The van der Waals surface area contributed by atoms with E-state index in [0.717, 1.165) is 11.4 Å². The zero-order chi connectivity index (χ0) is 25.3. The Labute approximate surface area is 202 Å². The molecule has 0 aliphatic heterocycles. The number of carbonyl (C=O) groups excluding carboxylic acids is 2. The lowest BCUT2D eigenvalue weighted by molar-refractivity contribution is 0.0473. The minimum absolute atomic E-state index is 0.00203. The lowest BCUT2D eigenvalue weighted by Crippen LogP contribution is -2.15. The van der Waals surface area contributed by atoms with Crippen LogP contribution in [0.3, 0.4) is 0 Å². The third-order valence-corrected chi connectivity index (χ3v) is 6.65. The molecule has 0 saturated heterocycles. The van der Waals surface area contributed by atoms with E-state index in [1.807, 2.05) is 41.8 Å². The predicted molar refractivity (Wildman–Crippen MR) is 130 cm³/mol. The quantitative estimate of drug-likeness (QED) is 0.312. The van der Waals surface area contributed by atoms with Gasteiger partial charge < -0.3 is 9.30 Å². The molecule has 0 saturated carbocycles. The van der Waals surface area contributed by atoms with Gasteiger partial charge in [-0.25, -0.2) is 23.0 Å². The number of hydrogen-bond acceptors (Lipinski definition) is 6. The highest BCUT2D eigenvalue weighted by Crippen LogP contribution is 2.23. The molecule has 0 amide bonds. The summed E-state index contributed by atoms with van der Waals surface area (Å²) in [5.41, 5.74) is 4.18. The zero-order valence-corrected chi connectivity index (χ0v) is 20.2. The molecule has 0 atom stereocenters. The van der Waals surface area contributed by atoms with Crippen molar-refractivity contribution < 1.29 is 22.7 Å². The molecule has 9 nitrogen and oxygen atoms in total. The zero-order valence-electron chi connectivity index (χ0n) is 19.4. The second kappa shape index (κ2) is 9.32. The van der Waals surface area contributed by atoms with E-state index in [4.69, 9.17) is 9.88 Å². The van der Waals surface area contributed by atoms with Crippen LogP contribution in [0.1, 0.15) is 37.8 Å². The second-order valence-electron chi connectivity index (χ2n) is 8.05. The Hall–Kier alpha value is -4.02. The average molecular weight is 493 g/mol. The molecule has 0 bridgehead atoms. The molecule has 180 valence electrons. The van der Waals surface area contributed by atoms with Crippen LogP contribution in [-0.2, 0) is 14.8 Å². The highest BCUT2D eigenvalue weighted by molar-refractivity contribution is 7.89. The van der Waals surface area contributed by atoms with Gasteiger partial charge in [-0.1, -0.05) is 18.2 Å². The minimum Gasteiger partial charge on any atom is -0.454 e. The first kappa shape index (κ1) is 24.1. The van der Waals surface area contributed by atoms with E-state index < -0.39 is 22.6 Å². The molecule has 2 aromatic heterocycles. The van der Waals surface area contributed by atoms with Gasteiger partial charge in [0.05, 0.1) is 22.5 Å². The Morgan fingerprint density at radius 1 is 0.914 bits per heavy atom. The average Bonchev–Trinajstić information content (AvgIpc) is 3.36. The van der Waals surface area contributed by atoms with Crippen LogP contribution in [0.4, 0.5) is 0 Å². The van der Waals surface area contributed by atoms with Crippen LogP contribution in [0.25, 0.3) is 11.4 Å². The van der Waals surface area contributed by atoms with Crippen molar-refractivity contribution in [2.45, 2.75) is 25.7 Å². The molecule has 4 rings (SSSR count). The third kappa shape index (κ3) is 4.79. The van der Waals surface area contributed by atoms with Gasteiger partial charge in [-0.3, -0.25) is 4.79 Å². The number of carbonyl (C=O) groups is 2. The fourth-order valence-corrected chi connectivity index (χ4v) is 4.47. The minimum atomic E-state index is -3.80. The summed E-state index contributed by atoms with van der Waals surface area (Å²) in [6.07, 6.45) is 1.42. The molecule has 0 radical (unpaired) electrons. The topological polar surface area (TPSA) is 126 Å². The van der Waals surface area contributed by atoms with Crippen LogP contribution < -0.4 is 5.14 Å². The number of esters is 1. The number of sulfonamides is 1. The van der Waals surface area contributed by atoms with E-state index in [2.05, 4.69) is 5.10 Å². The van der Waals surface area contributed by atoms with Crippen molar-refractivity contribution in [1.29, 1.82) is 0 Å². The van der Waals surface area contributed by atoms with Crippen LogP contribution in [0.5, 0.6) is 0 Å². The molecular weight excluding hydrogens is 468 g/mol. The van der Waals surface area contributed by atoms with Crippen LogP contribution in [0.15, 0.2) is 71.8 Å². The molecule has 0 aliphatic carbocycles. The molecule has 35 heavy (non-hydrogen) atoms. The molecule has 0 fully saturated rings. The molecule has 0 aliphatic rings. The van der Waals surface area contributed by atoms with Gasteiger partial charge in [0.25, 0.3) is 0 Å². The normalized spacial score (nSPS) is 11.4. The van der Waals surface area contributed by atoms with Crippen LogP contribution in [-0.4, -0.2) is 41.1 Å². The largest absolute Gasteiger partial charge is 0.454 e. The van der Waals surface area contributed by atoms with Crippen molar-refractivity contribution in [3.05, 3.63) is 95.1 Å². The van der Waals surface area contributed by atoms with Gasteiger partial charge in [-0.2, -0.15) is 5.10 Å². The number of nitrogens with zero attached hydrogens (tertiary/aromatic N) is 3. The van der Waals surface area contributed by atoms with Gasteiger partial charge in [-0.05, 0) is 63.2 Å². The number of aryl methyl sites for hydroxylation is 1. The van der Waals surface area contributed by atoms with Crippen molar-refractivity contribution in [2.75, 3.05) is 6.61 Å². The number of para-hydroxylation sites is 1. The number of benzene rings is 2. The Kier molecular flexibility index (Phi) is 6.42. The van der Waals surface area contributed by atoms with Gasteiger partial charge in [0.2, 0.25) is 15.8 Å². The van der Waals surface area contributed by atoms with Crippen LogP contribution in [0, 0.1) is 20.8 Å². The highest BCUT2D eigenvalue weighted by Gasteiger charge is 2.21. The smallest absolute Gasteiger partial charge is 0.342 e. The summed E-state index contributed by atoms with van der Waals surface area (Å²) in [4.78, 5) is 25.5. The lowest BCUT2D eigenvalue weighted by Gasteiger charge is -2.11. The summed E-state index contributed by atoms with van der Waals surface area (Å²) in [6.45, 7) is 4.92. The molecule has 2 aromatic carbocycles. The summed E-state index contributed by atoms with van der Waals surface area (Å²) in [5, 5.41) is 9.42. The standard InChI is InChI=1S/C25H24N4O5S/c1-16-13-22(17(2)28(16)19-9-11-21(12-10-19)35(26,32)33)24(30)15-34-25(31)23-14-27-29(18(23)3)20-7-5-4-6-8-20/h4-14H,15H2,1-3H3,(H2,26,32,33). The first-order valence-electron chi connectivity index (χ1n) is 10.7. The molecule has 0 spiro atoms. The number of Topliss-reactive ketones (excluding diaryl/α,β-unsaturated/α-hetero) is 1. The third-order valence-electron chi connectivity index (χ3n) is 5.72. The first-order valence-corrected chi connectivity index (χ1v) is 12.2. The SMILES string of the molecule is Cc1c(C(=O)OCC(=O)c2cc(C)n(-c3ccc(S(N)(=O)=O)cc3)c2C)cnn1-c1ccccc1. The Bertz CT molecular complexity index is 1520. The highest BCUT2D eigenvalue weighted by atomic mass is 32.2. The Balaban J connectivity index is 1.50. The van der Waals surface area contributed by atoms with E-state index >= 15 is 0 Å². The number of primary sulfonamides is 1. The Morgan fingerprint density at radius 2 is 1.57 bits per heavy atom. The summed E-state index contributed by atoms with van der Waals surface area (Å²) >= 11 is 0. The maximum Gasteiger partial charge on any atom is 0.342 e. The summed E-state index contributed by atoms with van der Waals surface area (Å²) in [6, 6.07) is 17.1. The molecule has 0 unspecified atom stereocenters. The number of ether oxygens (including phenoxy) is 1. The molecule has 4 aromatic rings. The van der Waals surface area contributed by atoms with Crippen molar-refractivity contribution in [1.82, 2.24) is 14.3 Å². The fraction of sp³-hybridized carbons (Fsp3) is 0.160. The van der Waals surface area contributed by atoms with E-state index in [9.17, 15) is 18.0 Å². The number of ketones is 1. The van der Waals surface area contributed by atoms with E-state index in [-0.39, 0.29) is 16.2 Å². The van der Waals surface area contributed by atoms with Gasteiger partial charge >= 0.3 is 5.97 Å². The lowest BCUT2D eigenvalue weighted by atomic mass is 10.1. The van der Waals surface area contributed by atoms with E-state index in [1.54, 1.807) is 36.7 Å². The molecule has 10 heteroatoms. The Morgan fingerprint density at radius 3 is 2.20 bits per heavy atom. The summed E-state index contributed by atoms with van der Waals surface area (Å²) in [7, 11) is -3.80. The maximum atomic E-state index is 12.9. The van der Waals surface area contributed by atoms with Gasteiger partial charge in [0.1, 0.15) is 5.56 Å². The number of aromatic nitrogens is 3. The summed E-state index contributed by atoms with van der Waals surface area (Å²) in [5.74, 6) is -0.989. The predicted octanol–water partition coefficient (Wildman–Crippen LogP) is 3.28. The van der Waals surface area contributed by atoms with E-state index in [1.165, 1.54) is 18.3 Å². The first-order chi connectivity index (χ1) is 16.6.